The predicted molar refractivity (Wildman–Crippen MR) is 48.9 cm³/mol. The van der Waals surface area contributed by atoms with E-state index in [1.54, 1.807) is 0 Å². The van der Waals surface area contributed by atoms with Crippen LogP contribution in [0.3, 0.4) is 0 Å². The molecule has 0 saturated heterocycles. The quantitative estimate of drug-likeness (QED) is 0.659. The molecule has 0 rings (SSSR count). The molecule has 0 amide bonds. The maximum atomic E-state index is 11.6. The predicted octanol–water partition coefficient (Wildman–Crippen LogP) is 2.33. The molecule has 0 aromatic heterocycles. The molecule has 5 heteroatoms. The van der Waals surface area contributed by atoms with Gasteiger partial charge in [-0.3, -0.25) is 0 Å². The minimum Gasteiger partial charge on any atom is -0.372 e. The highest BCUT2D eigenvalue weighted by Crippen LogP contribution is 2.15. The molecule has 2 nitrogen and oxygen atoms in total. The van der Waals surface area contributed by atoms with Gasteiger partial charge in [-0.05, 0) is 25.3 Å². The summed E-state index contributed by atoms with van der Waals surface area (Å²) in [5, 5.41) is 0. The third kappa shape index (κ3) is 8.31. The molecule has 1 atom stereocenters. The molecule has 2 N–H and O–H groups in total. The number of nitrogens with two attached hydrogens (primary N) is 1. The summed E-state index contributed by atoms with van der Waals surface area (Å²) >= 11 is 0. The van der Waals surface area contributed by atoms with Crippen molar-refractivity contribution in [2.45, 2.75) is 32.4 Å². The summed E-state index contributed by atoms with van der Waals surface area (Å²) in [6, 6.07) is 0. The SMILES string of the molecule is CCC(CN)CCCOCC(F)(F)F. The van der Waals surface area contributed by atoms with Gasteiger partial charge in [0.25, 0.3) is 0 Å². The van der Waals surface area contributed by atoms with Crippen LogP contribution >= 0.6 is 0 Å². The van der Waals surface area contributed by atoms with Crippen LogP contribution in [0.25, 0.3) is 0 Å². The molecule has 0 aromatic rings. The van der Waals surface area contributed by atoms with Gasteiger partial charge in [-0.2, -0.15) is 13.2 Å². The molecule has 14 heavy (non-hydrogen) atoms. The van der Waals surface area contributed by atoms with Crippen molar-refractivity contribution in [2.24, 2.45) is 11.7 Å². The average Bonchev–Trinajstić information content (AvgIpc) is 2.09. The molecule has 0 saturated carbocycles. The minimum absolute atomic E-state index is 0.163. The first-order chi connectivity index (χ1) is 6.49. The summed E-state index contributed by atoms with van der Waals surface area (Å²) in [5.74, 6) is 0.407. The van der Waals surface area contributed by atoms with Crippen LogP contribution in [-0.2, 0) is 4.74 Å². The Morgan fingerprint density at radius 3 is 2.43 bits per heavy atom. The lowest BCUT2D eigenvalue weighted by Crippen LogP contribution is -2.18. The van der Waals surface area contributed by atoms with E-state index in [1.807, 2.05) is 6.92 Å². The van der Waals surface area contributed by atoms with Gasteiger partial charge in [-0.1, -0.05) is 13.3 Å². The summed E-state index contributed by atoms with van der Waals surface area (Å²) in [5.41, 5.74) is 5.45. The fourth-order valence-electron chi connectivity index (χ4n) is 1.15. The van der Waals surface area contributed by atoms with Crippen LogP contribution in [-0.4, -0.2) is 25.9 Å². The van der Waals surface area contributed by atoms with Gasteiger partial charge >= 0.3 is 6.18 Å². The number of ether oxygens (including phenoxy) is 1. The Morgan fingerprint density at radius 2 is 2.00 bits per heavy atom. The maximum absolute atomic E-state index is 11.6. The zero-order valence-electron chi connectivity index (χ0n) is 8.44. The molecule has 0 aliphatic rings. The van der Waals surface area contributed by atoms with Gasteiger partial charge in [0.05, 0.1) is 0 Å². The van der Waals surface area contributed by atoms with E-state index >= 15 is 0 Å². The van der Waals surface area contributed by atoms with E-state index in [4.69, 9.17) is 5.73 Å². The van der Waals surface area contributed by atoms with Gasteiger partial charge in [-0.15, -0.1) is 0 Å². The Hall–Kier alpha value is -0.290. The van der Waals surface area contributed by atoms with Crippen LogP contribution in [0, 0.1) is 5.92 Å². The number of alkyl halides is 3. The van der Waals surface area contributed by atoms with Gasteiger partial charge in [0, 0.05) is 6.61 Å². The third-order valence-electron chi connectivity index (χ3n) is 2.08. The normalized spacial score (nSPS) is 14.4. The lowest BCUT2D eigenvalue weighted by molar-refractivity contribution is -0.174. The second-order valence-corrected chi connectivity index (χ2v) is 3.32. The van der Waals surface area contributed by atoms with E-state index in [2.05, 4.69) is 4.74 Å². The fourth-order valence-corrected chi connectivity index (χ4v) is 1.15. The maximum Gasteiger partial charge on any atom is 0.411 e. The number of hydrogen-bond acceptors (Lipinski definition) is 2. The molecule has 0 spiro atoms. The summed E-state index contributed by atoms with van der Waals surface area (Å²) in [6.45, 7) is 1.63. The van der Waals surface area contributed by atoms with Gasteiger partial charge in [0.15, 0.2) is 0 Å². The fraction of sp³-hybridized carbons (Fsp3) is 1.00. The molecule has 0 fully saturated rings. The van der Waals surface area contributed by atoms with Crippen LogP contribution in [0.2, 0.25) is 0 Å². The Balaban J connectivity index is 3.29. The lowest BCUT2D eigenvalue weighted by Gasteiger charge is -2.12. The number of halogens is 3. The first-order valence-corrected chi connectivity index (χ1v) is 4.84. The van der Waals surface area contributed by atoms with Crippen molar-refractivity contribution in [3.8, 4) is 0 Å². The summed E-state index contributed by atoms with van der Waals surface area (Å²) in [4.78, 5) is 0. The standard InChI is InChI=1S/C9H18F3NO/c1-2-8(6-13)4-3-5-14-7-9(10,11)12/h8H,2-7,13H2,1H3. The van der Waals surface area contributed by atoms with Crippen molar-refractivity contribution >= 4 is 0 Å². The molecule has 0 aliphatic heterocycles. The van der Waals surface area contributed by atoms with Crippen LogP contribution in [0.1, 0.15) is 26.2 Å². The van der Waals surface area contributed by atoms with Crippen LogP contribution in [0.15, 0.2) is 0 Å². The van der Waals surface area contributed by atoms with E-state index in [9.17, 15) is 13.2 Å². The highest BCUT2D eigenvalue weighted by atomic mass is 19.4. The van der Waals surface area contributed by atoms with Crippen molar-refractivity contribution in [1.29, 1.82) is 0 Å². The minimum atomic E-state index is -4.21. The van der Waals surface area contributed by atoms with E-state index < -0.39 is 12.8 Å². The molecular formula is C9H18F3NO. The van der Waals surface area contributed by atoms with Gasteiger partial charge in [-0.25, -0.2) is 0 Å². The Labute approximate surface area is 82.6 Å². The first kappa shape index (κ1) is 13.7. The third-order valence-corrected chi connectivity index (χ3v) is 2.08. The molecule has 0 bridgehead atoms. The Morgan fingerprint density at radius 1 is 1.36 bits per heavy atom. The van der Waals surface area contributed by atoms with Crippen molar-refractivity contribution in [3.05, 3.63) is 0 Å². The summed E-state index contributed by atoms with van der Waals surface area (Å²) in [7, 11) is 0. The second-order valence-electron chi connectivity index (χ2n) is 3.32. The van der Waals surface area contributed by atoms with Crippen LogP contribution in [0.5, 0.6) is 0 Å². The zero-order valence-corrected chi connectivity index (χ0v) is 8.44. The largest absolute Gasteiger partial charge is 0.411 e. The monoisotopic (exact) mass is 213 g/mol. The van der Waals surface area contributed by atoms with Crippen molar-refractivity contribution in [3.63, 3.8) is 0 Å². The van der Waals surface area contributed by atoms with E-state index in [1.165, 1.54) is 0 Å². The number of rotatable bonds is 7. The highest BCUT2D eigenvalue weighted by molar-refractivity contribution is 4.57. The van der Waals surface area contributed by atoms with Crippen molar-refractivity contribution in [2.75, 3.05) is 19.8 Å². The average molecular weight is 213 g/mol. The lowest BCUT2D eigenvalue weighted by atomic mass is 10.0. The van der Waals surface area contributed by atoms with Crippen molar-refractivity contribution in [1.82, 2.24) is 0 Å². The van der Waals surface area contributed by atoms with E-state index in [0.717, 1.165) is 12.8 Å². The van der Waals surface area contributed by atoms with E-state index in [0.29, 0.717) is 18.9 Å². The van der Waals surface area contributed by atoms with Crippen LogP contribution < -0.4 is 5.73 Å². The van der Waals surface area contributed by atoms with Crippen molar-refractivity contribution < 1.29 is 17.9 Å². The van der Waals surface area contributed by atoms with Gasteiger partial charge in [0.2, 0.25) is 0 Å². The van der Waals surface area contributed by atoms with E-state index in [-0.39, 0.29) is 6.61 Å². The van der Waals surface area contributed by atoms with Crippen LogP contribution in [0.4, 0.5) is 13.2 Å². The smallest absolute Gasteiger partial charge is 0.372 e. The second kappa shape index (κ2) is 7.06. The molecule has 0 aliphatic carbocycles. The number of hydrogen-bond donors (Lipinski definition) is 1. The molecule has 86 valence electrons. The molecule has 1 unspecified atom stereocenters. The summed E-state index contributed by atoms with van der Waals surface area (Å²) < 4.78 is 39.4. The highest BCUT2D eigenvalue weighted by Gasteiger charge is 2.27. The molecular weight excluding hydrogens is 195 g/mol. The molecule has 0 aromatic carbocycles. The Bertz CT molecular complexity index is 135. The zero-order chi connectivity index (χ0) is 11.0. The molecule has 0 radical (unpaired) electrons. The Kier molecular flexibility index (Phi) is 6.92. The summed E-state index contributed by atoms with van der Waals surface area (Å²) in [6.07, 6.45) is -1.76. The topological polar surface area (TPSA) is 35.2 Å². The molecule has 0 heterocycles. The van der Waals surface area contributed by atoms with Gasteiger partial charge in [0.1, 0.15) is 6.61 Å². The van der Waals surface area contributed by atoms with Gasteiger partial charge < -0.3 is 10.5 Å². The first-order valence-electron chi connectivity index (χ1n) is 4.84.